The summed E-state index contributed by atoms with van der Waals surface area (Å²) in [5.41, 5.74) is 13.0. The molecule has 0 aromatic carbocycles. The van der Waals surface area contributed by atoms with Gasteiger partial charge < -0.3 is 11.5 Å². The van der Waals surface area contributed by atoms with E-state index in [4.69, 9.17) is 11.5 Å². The number of carbonyl (C=O) groups is 1. The topological polar surface area (TPSA) is 69.1 Å². The van der Waals surface area contributed by atoms with Crippen LogP contribution in [-0.4, -0.2) is 11.9 Å². The van der Waals surface area contributed by atoms with E-state index in [-0.39, 0.29) is 16.7 Å². The maximum absolute atomic E-state index is 12.2. The van der Waals surface area contributed by atoms with Gasteiger partial charge in [0.1, 0.15) is 0 Å². The highest BCUT2D eigenvalue weighted by Crippen LogP contribution is 2.61. The van der Waals surface area contributed by atoms with Gasteiger partial charge in [0.05, 0.1) is 0 Å². The first-order valence-corrected chi connectivity index (χ1v) is 12.0. The molecule has 4 unspecified atom stereocenters. The second-order valence-electron chi connectivity index (χ2n) is 10.3. The van der Waals surface area contributed by atoms with E-state index in [2.05, 4.69) is 44.2 Å². The van der Waals surface area contributed by atoms with E-state index in [1.54, 1.807) is 5.57 Å². The lowest BCUT2D eigenvalue weighted by atomic mass is 9.48. The summed E-state index contributed by atoms with van der Waals surface area (Å²) in [7, 11) is 0. The molecule has 3 fully saturated rings. The maximum Gasteiger partial charge on any atom is 0.223 e. The second kappa shape index (κ2) is 9.64. The number of fused-ring (bicyclic) bond motifs is 2. The molecule has 4 aliphatic rings. The number of hydrogen-bond acceptors (Lipinski definition) is 2. The Morgan fingerprint density at radius 1 is 1.21 bits per heavy atom. The van der Waals surface area contributed by atoms with Gasteiger partial charge in [-0.1, -0.05) is 69.1 Å². The summed E-state index contributed by atoms with van der Waals surface area (Å²) >= 11 is 0. The lowest BCUT2D eigenvalue weighted by Crippen LogP contribution is -2.50. The van der Waals surface area contributed by atoms with Gasteiger partial charge in [0.2, 0.25) is 5.91 Å². The monoisotopic (exact) mass is 398 g/mol. The second-order valence-corrected chi connectivity index (χ2v) is 10.3. The van der Waals surface area contributed by atoms with E-state index in [1.807, 2.05) is 0 Å². The molecule has 0 spiro atoms. The zero-order valence-corrected chi connectivity index (χ0v) is 18.7. The van der Waals surface area contributed by atoms with Gasteiger partial charge in [-0.25, -0.2) is 0 Å². The molecule has 0 heterocycles. The number of carbonyl (C=O) groups excluding carboxylic acids is 1. The number of rotatable bonds is 3. The van der Waals surface area contributed by atoms with Gasteiger partial charge in [0.15, 0.2) is 0 Å². The Balaban J connectivity index is 0.000000290. The van der Waals surface area contributed by atoms with Crippen molar-refractivity contribution in [3.63, 3.8) is 0 Å². The van der Waals surface area contributed by atoms with Gasteiger partial charge in [-0.3, -0.25) is 4.79 Å². The van der Waals surface area contributed by atoms with Crippen molar-refractivity contribution < 1.29 is 4.79 Å². The zero-order chi connectivity index (χ0) is 20.9. The lowest BCUT2D eigenvalue weighted by molar-refractivity contribution is -0.135. The van der Waals surface area contributed by atoms with Crippen LogP contribution < -0.4 is 11.5 Å². The number of amides is 1. The van der Waals surface area contributed by atoms with Crippen molar-refractivity contribution >= 4 is 5.91 Å². The first-order valence-electron chi connectivity index (χ1n) is 12.0. The fourth-order valence-corrected chi connectivity index (χ4v) is 6.43. The molecule has 29 heavy (non-hydrogen) atoms. The van der Waals surface area contributed by atoms with E-state index >= 15 is 0 Å². The quantitative estimate of drug-likeness (QED) is 0.589. The van der Waals surface area contributed by atoms with Crippen molar-refractivity contribution in [2.75, 3.05) is 0 Å². The predicted octanol–water partition coefficient (Wildman–Crippen LogP) is 5.80. The largest absolute Gasteiger partial charge is 0.369 e. The van der Waals surface area contributed by atoms with Gasteiger partial charge in [0.25, 0.3) is 0 Å². The average molecular weight is 399 g/mol. The summed E-state index contributed by atoms with van der Waals surface area (Å²) in [6, 6.07) is 0.536. The van der Waals surface area contributed by atoms with Crippen molar-refractivity contribution in [2.45, 2.75) is 96.9 Å². The molecule has 2 bridgehead atoms. The van der Waals surface area contributed by atoms with E-state index in [9.17, 15) is 4.79 Å². The lowest BCUT2D eigenvalue weighted by Gasteiger charge is -2.55. The molecule has 4 atom stereocenters. The molecule has 0 aliphatic heterocycles. The van der Waals surface area contributed by atoms with Crippen LogP contribution in [0.2, 0.25) is 0 Å². The molecular weight excluding hydrogens is 356 g/mol. The summed E-state index contributed by atoms with van der Waals surface area (Å²) in [5.74, 6) is 1.02. The average Bonchev–Trinajstić information content (AvgIpc) is 2.72. The highest BCUT2D eigenvalue weighted by atomic mass is 16.1. The minimum atomic E-state index is -0.342. The van der Waals surface area contributed by atoms with Gasteiger partial charge in [-0.2, -0.15) is 0 Å². The van der Waals surface area contributed by atoms with Crippen molar-refractivity contribution in [1.82, 2.24) is 0 Å². The Bertz CT molecular complexity index is 658. The molecule has 162 valence electrons. The number of nitrogens with two attached hydrogens (primary N) is 2. The van der Waals surface area contributed by atoms with Crippen LogP contribution in [0.1, 0.15) is 90.9 Å². The molecule has 0 aromatic heterocycles. The van der Waals surface area contributed by atoms with Crippen LogP contribution in [0.25, 0.3) is 0 Å². The zero-order valence-electron chi connectivity index (χ0n) is 18.7. The Morgan fingerprint density at radius 3 is 2.52 bits per heavy atom. The third-order valence-corrected chi connectivity index (χ3v) is 8.01. The minimum absolute atomic E-state index is 0.102. The van der Waals surface area contributed by atoms with Crippen molar-refractivity contribution in [1.29, 1.82) is 0 Å². The molecule has 1 amide bonds. The fraction of sp³-hybridized carbons (Fsp3) is 0.731. The Morgan fingerprint density at radius 2 is 1.97 bits per heavy atom. The van der Waals surface area contributed by atoms with Gasteiger partial charge >= 0.3 is 0 Å². The fourth-order valence-electron chi connectivity index (χ4n) is 6.43. The summed E-state index contributed by atoms with van der Waals surface area (Å²) in [6.07, 6.45) is 25.8. The number of hydrogen-bond donors (Lipinski definition) is 2. The standard InChI is InChI=1S/C20H29NO.C6H13N/c1-3-7-15-10-11-20(17-8-5-4-6-9-17)13-16(15)12-19(2,14-20)18(21)22;7-6-4-2-1-3-5-6/h4-8,16-17H,3,9-14H2,1-2H3,(H2,21,22);6H,1-5,7H2/b15-7+;. The van der Waals surface area contributed by atoms with Gasteiger partial charge in [0, 0.05) is 11.5 Å². The Labute approximate surface area is 178 Å². The molecule has 4 N–H and O–H groups in total. The van der Waals surface area contributed by atoms with E-state index < -0.39 is 0 Å². The van der Waals surface area contributed by atoms with Crippen LogP contribution in [-0.2, 0) is 4.79 Å². The van der Waals surface area contributed by atoms with Crippen LogP contribution in [0.15, 0.2) is 36.0 Å². The SMILES string of the molecule is CC/C=C1\CCC2(C3C=CC=CC3)CC1CC(C)(C(N)=O)C2.NC1CCCCC1. The van der Waals surface area contributed by atoms with Gasteiger partial charge in [-0.15, -0.1) is 0 Å². The van der Waals surface area contributed by atoms with Crippen LogP contribution in [0.3, 0.4) is 0 Å². The smallest absolute Gasteiger partial charge is 0.223 e. The molecule has 0 saturated heterocycles. The summed E-state index contributed by atoms with van der Waals surface area (Å²) in [5, 5.41) is 0. The Hall–Kier alpha value is -1.35. The third kappa shape index (κ3) is 5.23. The van der Waals surface area contributed by atoms with Crippen molar-refractivity contribution in [3.8, 4) is 0 Å². The Kier molecular flexibility index (Phi) is 7.42. The summed E-state index contributed by atoms with van der Waals surface area (Å²) in [4.78, 5) is 12.2. The van der Waals surface area contributed by atoms with Crippen LogP contribution in [0.5, 0.6) is 0 Å². The van der Waals surface area contributed by atoms with E-state index in [0.29, 0.717) is 17.9 Å². The number of primary amides is 1. The van der Waals surface area contributed by atoms with Crippen LogP contribution in [0, 0.1) is 22.7 Å². The normalized spacial score (nSPS) is 38.4. The molecule has 4 rings (SSSR count). The molecule has 4 aliphatic carbocycles. The molecule has 0 radical (unpaired) electrons. The molecule has 3 nitrogen and oxygen atoms in total. The predicted molar refractivity (Wildman–Crippen MR) is 122 cm³/mol. The van der Waals surface area contributed by atoms with Crippen LogP contribution in [0.4, 0.5) is 0 Å². The van der Waals surface area contributed by atoms with Crippen molar-refractivity contribution in [3.05, 3.63) is 36.0 Å². The molecule has 3 heteroatoms. The molecule has 0 aromatic rings. The van der Waals surface area contributed by atoms with E-state index in [0.717, 1.165) is 25.7 Å². The summed E-state index contributed by atoms with van der Waals surface area (Å²) < 4.78 is 0. The van der Waals surface area contributed by atoms with Crippen molar-refractivity contribution in [2.24, 2.45) is 34.1 Å². The molecular formula is C26H42N2O. The first-order chi connectivity index (χ1) is 13.9. The van der Waals surface area contributed by atoms with Crippen LogP contribution >= 0.6 is 0 Å². The molecule has 3 saturated carbocycles. The van der Waals surface area contributed by atoms with Gasteiger partial charge in [-0.05, 0) is 75.0 Å². The summed E-state index contributed by atoms with van der Waals surface area (Å²) in [6.45, 7) is 4.31. The number of allylic oxidation sites excluding steroid dienone is 6. The van der Waals surface area contributed by atoms with E-state index in [1.165, 1.54) is 51.4 Å². The third-order valence-electron chi connectivity index (χ3n) is 8.01. The minimum Gasteiger partial charge on any atom is -0.369 e. The maximum atomic E-state index is 12.2. The highest BCUT2D eigenvalue weighted by Gasteiger charge is 2.53. The highest BCUT2D eigenvalue weighted by molar-refractivity contribution is 5.80. The first kappa shape index (κ1) is 22.3.